The van der Waals surface area contributed by atoms with Crippen LogP contribution in [0.1, 0.15) is 32.3 Å². The van der Waals surface area contributed by atoms with Crippen molar-refractivity contribution in [1.29, 1.82) is 0 Å². The molecule has 0 saturated heterocycles. The summed E-state index contributed by atoms with van der Waals surface area (Å²) in [6.07, 6.45) is 5.94. The summed E-state index contributed by atoms with van der Waals surface area (Å²) in [6.45, 7) is 4.23. The molecule has 0 aromatic carbocycles. The van der Waals surface area contributed by atoms with Gasteiger partial charge in [-0.2, -0.15) is 5.10 Å². The molecule has 0 radical (unpaired) electrons. The minimum atomic E-state index is 0.312. The van der Waals surface area contributed by atoms with Gasteiger partial charge in [-0.3, -0.25) is 9.48 Å². The SMILES string of the molecule is CCC(C)CC(=O)Cc1cnn(C)c1. The predicted molar refractivity (Wildman–Crippen MR) is 56.0 cm³/mol. The number of carbonyl (C=O) groups excluding carboxylic acids is 1. The van der Waals surface area contributed by atoms with E-state index in [4.69, 9.17) is 0 Å². The topological polar surface area (TPSA) is 34.9 Å². The van der Waals surface area contributed by atoms with Gasteiger partial charge in [0.2, 0.25) is 0 Å². The molecular formula is C11H18N2O. The summed E-state index contributed by atoms with van der Waals surface area (Å²) in [5.41, 5.74) is 1.01. The van der Waals surface area contributed by atoms with E-state index in [1.54, 1.807) is 10.9 Å². The molecule has 0 aliphatic carbocycles. The molecule has 0 N–H and O–H groups in total. The second-order valence-corrected chi connectivity index (χ2v) is 3.96. The highest BCUT2D eigenvalue weighted by Crippen LogP contribution is 2.09. The molecule has 78 valence electrons. The van der Waals surface area contributed by atoms with Crippen molar-refractivity contribution in [2.45, 2.75) is 33.1 Å². The summed E-state index contributed by atoms with van der Waals surface area (Å²) in [6, 6.07) is 0. The smallest absolute Gasteiger partial charge is 0.137 e. The number of hydrogen-bond acceptors (Lipinski definition) is 2. The van der Waals surface area contributed by atoms with Crippen molar-refractivity contribution in [3.05, 3.63) is 18.0 Å². The lowest BCUT2D eigenvalue weighted by molar-refractivity contribution is -0.119. The van der Waals surface area contributed by atoms with Gasteiger partial charge >= 0.3 is 0 Å². The van der Waals surface area contributed by atoms with Gasteiger partial charge in [0.05, 0.1) is 6.20 Å². The van der Waals surface area contributed by atoms with Crippen LogP contribution in [0, 0.1) is 5.92 Å². The fourth-order valence-electron chi connectivity index (χ4n) is 1.40. The predicted octanol–water partition coefficient (Wildman–Crippen LogP) is 1.97. The van der Waals surface area contributed by atoms with E-state index in [2.05, 4.69) is 18.9 Å². The lowest BCUT2D eigenvalue weighted by Crippen LogP contribution is -2.07. The molecular weight excluding hydrogens is 176 g/mol. The monoisotopic (exact) mass is 194 g/mol. The van der Waals surface area contributed by atoms with Crippen molar-refractivity contribution in [3.63, 3.8) is 0 Å². The van der Waals surface area contributed by atoms with E-state index in [1.165, 1.54) is 0 Å². The summed E-state index contributed by atoms with van der Waals surface area (Å²) >= 11 is 0. The molecule has 1 aromatic rings. The molecule has 1 rings (SSSR count). The minimum Gasteiger partial charge on any atom is -0.299 e. The van der Waals surface area contributed by atoms with E-state index < -0.39 is 0 Å². The minimum absolute atomic E-state index is 0.312. The number of aromatic nitrogens is 2. The van der Waals surface area contributed by atoms with Crippen LogP contribution < -0.4 is 0 Å². The number of nitrogens with zero attached hydrogens (tertiary/aromatic N) is 2. The van der Waals surface area contributed by atoms with E-state index in [0.717, 1.165) is 12.0 Å². The van der Waals surface area contributed by atoms with Gasteiger partial charge in [-0.1, -0.05) is 20.3 Å². The average molecular weight is 194 g/mol. The molecule has 0 aliphatic rings. The Morgan fingerprint density at radius 3 is 2.86 bits per heavy atom. The van der Waals surface area contributed by atoms with Gasteiger partial charge in [-0.25, -0.2) is 0 Å². The van der Waals surface area contributed by atoms with Crippen LogP contribution in [0.3, 0.4) is 0 Å². The highest BCUT2D eigenvalue weighted by molar-refractivity contribution is 5.80. The first-order valence-corrected chi connectivity index (χ1v) is 5.11. The van der Waals surface area contributed by atoms with Gasteiger partial charge in [-0.05, 0) is 11.5 Å². The maximum Gasteiger partial charge on any atom is 0.137 e. The first-order chi connectivity index (χ1) is 6.61. The Labute approximate surface area is 85.1 Å². The third-order valence-electron chi connectivity index (χ3n) is 2.43. The highest BCUT2D eigenvalue weighted by Gasteiger charge is 2.09. The van der Waals surface area contributed by atoms with Gasteiger partial charge in [0.15, 0.2) is 0 Å². The number of ketones is 1. The van der Waals surface area contributed by atoms with Crippen molar-refractivity contribution >= 4 is 5.78 Å². The lowest BCUT2D eigenvalue weighted by Gasteiger charge is -2.05. The van der Waals surface area contributed by atoms with E-state index in [-0.39, 0.29) is 0 Å². The molecule has 3 heteroatoms. The molecule has 0 fully saturated rings. The highest BCUT2D eigenvalue weighted by atomic mass is 16.1. The number of rotatable bonds is 5. The molecule has 0 bridgehead atoms. The van der Waals surface area contributed by atoms with Crippen LogP contribution in [-0.2, 0) is 18.3 Å². The van der Waals surface area contributed by atoms with Crippen molar-refractivity contribution < 1.29 is 4.79 Å². The summed E-state index contributed by atoms with van der Waals surface area (Å²) in [5.74, 6) is 0.812. The second-order valence-electron chi connectivity index (χ2n) is 3.96. The van der Waals surface area contributed by atoms with Crippen molar-refractivity contribution in [2.24, 2.45) is 13.0 Å². The van der Waals surface area contributed by atoms with Crippen LogP contribution >= 0.6 is 0 Å². The number of carbonyl (C=O) groups is 1. The molecule has 1 heterocycles. The third kappa shape index (κ3) is 3.32. The second kappa shape index (κ2) is 4.94. The molecule has 14 heavy (non-hydrogen) atoms. The molecule has 0 aliphatic heterocycles. The van der Waals surface area contributed by atoms with Crippen molar-refractivity contribution in [3.8, 4) is 0 Å². The molecule has 0 spiro atoms. The summed E-state index contributed by atoms with van der Waals surface area (Å²) in [4.78, 5) is 11.6. The zero-order valence-corrected chi connectivity index (χ0v) is 9.16. The third-order valence-corrected chi connectivity index (χ3v) is 2.43. The van der Waals surface area contributed by atoms with E-state index >= 15 is 0 Å². The number of aryl methyl sites for hydroxylation is 1. The van der Waals surface area contributed by atoms with Crippen LogP contribution in [0.15, 0.2) is 12.4 Å². The first kappa shape index (κ1) is 11.0. The summed E-state index contributed by atoms with van der Waals surface area (Å²) < 4.78 is 1.73. The molecule has 3 nitrogen and oxygen atoms in total. The fourth-order valence-corrected chi connectivity index (χ4v) is 1.40. The van der Waals surface area contributed by atoms with Gasteiger partial charge in [0.1, 0.15) is 5.78 Å². The molecule has 1 atom stereocenters. The Kier molecular flexibility index (Phi) is 3.86. The zero-order valence-electron chi connectivity index (χ0n) is 9.16. The summed E-state index contributed by atoms with van der Waals surface area (Å²) in [5, 5.41) is 4.03. The zero-order chi connectivity index (χ0) is 10.6. The quantitative estimate of drug-likeness (QED) is 0.718. The largest absolute Gasteiger partial charge is 0.299 e. The van der Waals surface area contributed by atoms with Gasteiger partial charge in [-0.15, -0.1) is 0 Å². The van der Waals surface area contributed by atoms with E-state index in [1.807, 2.05) is 13.2 Å². The Morgan fingerprint density at radius 2 is 2.36 bits per heavy atom. The fraction of sp³-hybridized carbons (Fsp3) is 0.636. The molecule has 0 saturated carbocycles. The maximum absolute atomic E-state index is 11.6. The van der Waals surface area contributed by atoms with E-state index in [9.17, 15) is 4.79 Å². The molecule has 0 amide bonds. The van der Waals surface area contributed by atoms with Crippen LogP contribution in [0.5, 0.6) is 0 Å². The van der Waals surface area contributed by atoms with Gasteiger partial charge in [0, 0.05) is 26.1 Å². The van der Waals surface area contributed by atoms with Gasteiger partial charge < -0.3 is 0 Å². The standard InChI is InChI=1S/C11H18N2O/c1-4-9(2)5-11(14)6-10-7-12-13(3)8-10/h7-9H,4-6H2,1-3H3. The Hall–Kier alpha value is -1.12. The number of hydrogen-bond donors (Lipinski definition) is 0. The summed E-state index contributed by atoms with van der Waals surface area (Å²) in [7, 11) is 1.86. The van der Waals surface area contributed by atoms with Crippen molar-refractivity contribution in [1.82, 2.24) is 9.78 Å². The molecule has 1 unspecified atom stereocenters. The number of Topliss-reactive ketones (excluding diaryl/α,β-unsaturated/α-hetero) is 1. The van der Waals surface area contributed by atoms with Crippen LogP contribution in [0.4, 0.5) is 0 Å². The lowest BCUT2D eigenvalue weighted by atomic mass is 9.99. The van der Waals surface area contributed by atoms with Crippen LogP contribution in [-0.4, -0.2) is 15.6 Å². The molecule has 1 aromatic heterocycles. The normalized spacial score (nSPS) is 12.8. The Morgan fingerprint density at radius 1 is 1.64 bits per heavy atom. The first-order valence-electron chi connectivity index (χ1n) is 5.11. The Balaban J connectivity index is 2.41. The average Bonchev–Trinajstić information content (AvgIpc) is 2.50. The van der Waals surface area contributed by atoms with Crippen molar-refractivity contribution in [2.75, 3.05) is 0 Å². The van der Waals surface area contributed by atoms with Crippen LogP contribution in [0.25, 0.3) is 0 Å². The maximum atomic E-state index is 11.6. The Bertz CT molecular complexity index is 304. The van der Waals surface area contributed by atoms with E-state index in [0.29, 0.717) is 24.5 Å². The van der Waals surface area contributed by atoms with Gasteiger partial charge in [0.25, 0.3) is 0 Å². The van der Waals surface area contributed by atoms with Crippen LogP contribution in [0.2, 0.25) is 0 Å².